The number of hydrogen-bond acceptors (Lipinski definition) is 3. The van der Waals surface area contributed by atoms with Gasteiger partial charge >= 0.3 is 5.97 Å². The summed E-state index contributed by atoms with van der Waals surface area (Å²) in [6.45, 7) is 2.38. The summed E-state index contributed by atoms with van der Waals surface area (Å²) >= 11 is 0. The molecule has 5 heteroatoms. The molecule has 0 saturated carbocycles. The molecular formula is C10H18N2O3. The molecule has 1 aliphatic rings. The minimum absolute atomic E-state index is 0.117. The Morgan fingerprint density at radius 3 is 2.60 bits per heavy atom. The van der Waals surface area contributed by atoms with Crippen LogP contribution in [0.5, 0.6) is 0 Å². The van der Waals surface area contributed by atoms with Crippen molar-refractivity contribution in [2.45, 2.75) is 19.3 Å². The van der Waals surface area contributed by atoms with Gasteiger partial charge in [-0.15, -0.1) is 0 Å². The minimum Gasteiger partial charge on any atom is -0.481 e. The van der Waals surface area contributed by atoms with E-state index in [0.717, 1.165) is 13.1 Å². The van der Waals surface area contributed by atoms with E-state index < -0.39 is 5.97 Å². The minimum atomic E-state index is -0.806. The molecule has 0 aliphatic carbocycles. The highest BCUT2D eigenvalue weighted by Crippen LogP contribution is 2.10. The summed E-state index contributed by atoms with van der Waals surface area (Å²) in [4.78, 5) is 23.5. The van der Waals surface area contributed by atoms with E-state index in [0.29, 0.717) is 25.3 Å². The predicted molar refractivity (Wildman–Crippen MR) is 55.5 cm³/mol. The first-order chi connectivity index (χ1) is 7.09. The maximum absolute atomic E-state index is 11.6. The van der Waals surface area contributed by atoms with Gasteiger partial charge in [-0.05, 0) is 25.4 Å². The van der Waals surface area contributed by atoms with Crippen LogP contribution in [-0.4, -0.2) is 48.6 Å². The number of aliphatic carboxylic acids is 1. The molecule has 0 atom stereocenters. The molecule has 0 aromatic heterocycles. The molecule has 0 aromatic rings. The summed E-state index contributed by atoms with van der Waals surface area (Å²) in [5, 5.41) is 11.6. The Balaban J connectivity index is 2.11. The predicted octanol–water partition coefficient (Wildman–Crippen LogP) is -0.0809. The second-order valence-corrected chi connectivity index (χ2v) is 4.04. The molecule has 15 heavy (non-hydrogen) atoms. The van der Waals surface area contributed by atoms with E-state index in [1.807, 2.05) is 0 Å². The second kappa shape index (κ2) is 5.70. The van der Waals surface area contributed by atoms with E-state index >= 15 is 0 Å². The lowest BCUT2D eigenvalue weighted by Gasteiger charge is -2.28. The van der Waals surface area contributed by atoms with Crippen molar-refractivity contribution in [2.75, 3.05) is 26.7 Å². The van der Waals surface area contributed by atoms with Gasteiger partial charge in [-0.25, -0.2) is 0 Å². The monoisotopic (exact) mass is 214 g/mol. The van der Waals surface area contributed by atoms with Crippen LogP contribution in [0, 0.1) is 5.92 Å². The Kier molecular flexibility index (Phi) is 4.55. The largest absolute Gasteiger partial charge is 0.481 e. The number of nitrogens with zero attached hydrogens (tertiary/aromatic N) is 1. The van der Waals surface area contributed by atoms with Gasteiger partial charge in [-0.3, -0.25) is 9.59 Å². The van der Waals surface area contributed by atoms with Crippen LogP contribution in [0.2, 0.25) is 0 Å². The van der Waals surface area contributed by atoms with Gasteiger partial charge in [0.25, 0.3) is 0 Å². The van der Waals surface area contributed by atoms with Crippen LogP contribution >= 0.6 is 0 Å². The van der Waals surface area contributed by atoms with Crippen LogP contribution in [0.25, 0.3) is 0 Å². The molecule has 1 aliphatic heterocycles. The van der Waals surface area contributed by atoms with E-state index in [2.05, 4.69) is 5.32 Å². The van der Waals surface area contributed by atoms with Gasteiger partial charge in [0.05, 0.1) is 0 Å². The summed E-state index contributed by atoms with van der Waals surface area (Å²) < 4.78 is 0. The zero-order valence-electron chi connectivity index (χ0n) is 9.03. The zero-order valence-corrected chi connectivity index (χ0v) is 9.03. The van der Waals surface area contributed by atoms with Crippen molar-refractivity contribution in [1.29, 1.82) is 0 Å². The van der Waals surface area contributed by atoms with Gasteiger partial charge in [0.15, 0.2) is 0 Å². The molecule has 0 aromatic carbocycles. The molecule has 1 amide bonds. The molecular weight excluding hydrogens is 196 g/mol. The van der Waals surface area contributed by atoms with E-state index in [4.69, 9.17) is 5.11 Å². The van der Waals surface area contributed by atoms with Gasteiger partial charge in [-0.2, -0.15) is 0 Å². The normalized spacial score (nSPS) is 15.8. The summed E-state index contributed by atoms with van der Waals surface area (Å²) in [7, 11) is 1.73. The highest BCUT2D eigenvalue weighted by Gasteiger charge is 2.21. The van der Waals surface area contributed by atoms with Crippen molar-refractivity contribution in [1.82, 2.24) is 10.2 Å². The number of amides is 1. The van der Waals surface area contributed by atoms with E-state index in [1.54, 1.807) is 11.9 Å². The van der Waals surface area contributed by atoms with Crippen LogP contribution in [0.1, 0.15) is 19.3 Å². The van der Waals surface area contributed by atoms with Gasteiger partial charge in [0.2, 0.25) is 5.91 Å². The van der Waals surface area contributed by atoms with Crippen LogP contribution in [0.4, 0.5) is 0 Å². The number of nitrogens with one attached hydrogen (secondary N) is 1. The number of carbonyl (C=O) groups excluding carboxylic acids is 1. The Morgan fingerprint density at radius 1 is 1.47 bits per heavy atom. The zero-order chi connectivity index (χ0) is 11.3. The summed E-state index contributed by atoms with van der Waals surface area (Å²) in [5.74, 6) is -0.217. The SMILES string of the molecule is CN(CCCC(=O)O)C(=O)CC1CNC1. The number of rotatable bonds is 6. The highest BCUT2D eigenvalue weighted by atomic mass is 16.4. The molecule has 0 bridgehead atoms. The first-order valence-electron chi connectivity index (χ1n) is 5.26. The van der Waals surface area contributed by atoms with Crippen molar-refractivity contribution in [3.63, 3.8) is 0 Å². The van der Waals surface area contributed by atoms with E-state index in [9.17, 15) is 9.59 Å². The van der Waals surface area contributed by atoms with Crippen molar-refractivity contribution in [3.05, 3.63) is 0 Å². The van der Waals surface area contributed by atoms with Crippen molar-refractivity contribution in [3.8, 4) is 0 Å². The van der Waals surface area contributed by atoms with Crippen LogP contribution in [0.3, 0.4) is 0 Å². The first-order valence-corrected chi connectivity index (χ1v) is 5.26. The molecule has 1 saturated heterocycles. The number of carbonyl (C=O) groups is 2. The average Bonchev–Trinajstić information content (AvgIpc) is 2.10. The molecule has 86 valence electrons. The first kappa shape index (κ1) is 12.0. The maximum atomic E-state index is 11.6. The van der Waals surface area contributed by atoms with E-state index in [1.165, 1.54) is 0 Å². The Morgan fingerprint density at radius 2 is 2.13 bits per heavy atom. The summed E-state index contributed by atoms with van der Waals surface area (Å²) in [6, 6.07) is 0. The number of hydrogen-bond donors (Lipinski definition) is 2. The quantitative estimate of drug-likeness (QED) is 0.649. The second-order valence-electron chi connectivity index (χ2n) is 4.04. The lowest BCUT2D eigenvalue weighted by atomic mass is 9.99. The van der Waals surface area contributed by atoms with Crippen LogP contribution in [0.15, 0.2) is 0 Å². The fourth-order valence-corrected chi connectivity index (χ4v) is 1.49. The molecule has 0 spiro atoms. The Labute approximate surface area is 89.4 Å². The lowest BCUT2D eigenvalue weighted by Crippen LogP contribution is -2.44. The maximum Gasteiger partial charge on any atom is 0.303 e. The molecule has 1 rings (SSSR count). The third-order valence-corrected chi connectivity index (χ3v) is 2.64. The standard InChI is InChI=1S/C10H18N2O3/c1-12(4-2-3-10(14)15)9(13)5-8-6-11-7-8/h8,11H,2-7H2,1H3,(H,14,15). The summed E-state index contributed by atoms with van der Waals surface area (Å²) in [6.07, 6.45) is 1.24. The van der Waals surface area contributed by atoms with Gasteiger partial charge in [0, 0.05) is 26.4 Å². The van der Waals surface area contributed by atoms with Crippen molar-refractivity contribution < 1.29 is 14.7 Å². The topological polar surface area (TPSA) is 69.6 Å². The van der Waals surface area contributed by atoms with Crippen LogP contribution < -0.4 is 5.32 Å². The van der Waals surface area contributed by atoms with Gasteiger partial charge < -0.3 is 15.3 Å². The molecule has 0 unspecified atom stereocenters. The lowest BCUT2D eigenvalue weighted by molar-refractivity contribution is -0.138. The Bertz CT molecular complexity index is 239. The summed E-state index contributed by atoms with van der Waals surface area (Å²) in [5.41, 5.74) is 0. The fourth-order valence-electron chi connectivity index (χ4n) is 1.49. The highest BCUT2D eigenvalue weighted by molar-refractivity contribution is 5.76. The van der Waals surface area contributed by atoms with Crippen LogP contribution in [-0.2, 0) is 9.59 Å². The number of carboxylic acids is 1. The average molecular weight is 214 g/mol. The third-order valence-electron chi connectivity index (χ3n) is 2.64. The van der Waals surface area contributed by atoms with Crippen molar-refractivity contribution in [2.24, 2.45) is 5.92 Å². The molecule has 1 heterocycles. The molecule has 0 radical (unpaired) electrons. The Hall–Kier alpha value is -1.10. The fraction of sp³-hybridized carbons (Fsp3) is 0.800. The third kappa shape index (κ3) is 4.29. The smallest absolute Gasteiger partial charge is 0.303 e. The van der Waals surface area contributed by atoms with Crippen molar-refractivity contribution >= 4 is 11.9 Å². The van der Waals surface area contributed by atoms with Gasteiger partial charge in [-0.1, -0.05) is 0 Å². The number of carboxylic acid groups (broad SMARTS) is 1. The molecule has 5 nitrogen and oxygen atoms in total. The molecule has 2 N–H and O–H groups in total. The molecule has 1 fully saturated rings. The van der Waals surface area contributed by atoms with Gasteiger partial charge in [0.1, 0.15) is 0 Å². The van der Waals surface area contributed by atoms with E-state index in [-0.39, 0.29) is 12.3 Å².